The molecule has 0 saturated carbocycles. The van der Waals surface area contributed by atoms with Crippen LogP contribution in [0.1, 0.15) is 30.3 Å². The molecule has 5 heteroatoms. The van der Waals surface area contributed by atoms with E-state index >= 15 is 0 Å². The normalized spacial score (nSPS) is 13.0. The number of nitriles is 1. The highest BCUT2D eigenvalue weighted by molar-refractivity contribution is 7.10. The van der Waals surface area contributed by atoms with Gasteiger partial charge in [-0.25, -0.2) is 0 Å². The Morgan fingerprint density at radius 3 is 2.73 bits per heavy atom. The Labute approximate surface area is 134 Å². The van der Waals surface area contributed by atoms with E-state index in [4.69, 9.17) is 10.00 Å². The average molecular weight is 314 g/mol. The van der Waals surface area contributed by atoms with E-state index in [1.807, 2.05) is 24.4 Å². The molecule has 0 N–H and O–H groups in total. The third-order valence-electron chi connectivity index (χ3n) is 3.51. The average Bonchev–Trinajstić information content (AvgIpc) is 3.07. The largest absolute Gasteiger partial charge is 0.481 e. The standard InChI is InChI=1S/C17H18N2O2S/c1-12(16-8-5-9-22-16)19(3)17(20)13(2)21-15-7-4-6-14(10-15)11-18/h4-10,12-13H,1-3H3. The zero-order valence-electron chi connectivity index (χ0n) is 12.8. The molecule has 0 aliphatic carbocycles. The minimum Gasteiger partial charge on any atom is -0.481 e. The molecule has 2 aromatic rings. The Bertz CT molecular complexity index is 676. The van der Waals surface area contributed by atoms with E-state index in [0.29, 0.717) is 11.3 Å². The fraction of sp³-hybridized carbons (Fsp3) is 0.294. The Hall–Kier alpha value is -2.32. The number of carbonyl (C=O) groups excluding carboxylic acids is 1. The van der Waals surface area contributed by atoms with Gasteiger partial charge in [-0.05, 0) is 43.5 Å². The van der Waals surface area contributed by atoms with E-state index in [-0.39, 0.29) is 11.9 Å². The van der Waals surface area contributed by atoms with E-state index in [9.17, 15) is 4.79 Å². The molecule has 0 aliphatic heterocycles. The quantitative estimate of drug-likeness (QED) is 0.847. The molecule has 0 bridgehead atoms. The number of rotatable bonds is 5. The van der Waals surface area contributed by atoms with E-state index < -0.39 is 6.10 Å². The molecule has 2 rings (SSSR count). The number of hydrogen-bond donors (Lipinski definition) is 0. The van der Waals surface area contributed by atoms with Crippen molar-refractivity contribution in [3.05, 3.63) is 52.2 Å². The summed E-state index contributed by atoms with van der Waals surface area (Å²) >= 11 is 1.63. The summed E-state index contributed by atoms with van der Waals surface area (Å²) in [6.07, 6.45) is -0.610. The van der Waals surface area contributed by atoms with E-state index in [2.05, 4.69) is 6.07 Å². The number of nitrogens with zero attached hydrogens (tertiary/aromatic N) is 2. The summed E-state index contributed by atoms with van der Waals surface area (Å²) in [5, 5.41) is 10.9. The van der Waals surface area contributed by atoms with Gasteiger partial charge in [0.15, 0.2) is 6.10 Å². The summed E-state index contributed by atoms with van der Waals surface area (Å²) in [5.74, 6) is 0.431. The van der Waals surface area contributed by atoms with Crippen molar-refractivity contribution in [2.45, 2.75) is 26.0 Å². The summed E-state index contributed by atoms with van der Waals surface area (Å²) in [5.41, 5.74) is 0.512. The van der Waals surface area contributed by atoms with Crippen LogP contribution in [-0.2, 0) is 4.79 Å². The molecule has 2 atom stereocenters. The molecular weight excluding hydrogens is 296 g/mol. The Morgan fingerprint density at radius 2 is 2.09 bits per heavy atom. The van der Waals surface area contributed by atoms with Gasteiger partial charge in [-0.3, -0.25) is 4.79 Å². The molecule has 0 spiro atoms. The molecule has 1 aromatic heterocycles. The first-order valence-electron chi connectivity index (χ1n) is 7.00. The first kappa shape index (κ1) is 16.1. The van der Waals surface area contributed by atoms with Crippen LogP contribution in [0.2, 0.25) is 0 Å². The summed E-state index contributed by atoms with van der Waals surface area (Å²) in [6, 6.07) is 12.9. The van der Waals surface area contributed by atoms with Gasteiger partial charge < -0.3 is 9.64 Å². The zero-order chi connectivity index (χ0) is 16.1. The lowest BCUT2D eigenvalue weighted by molar-refractivity contribution is -0.138. The molecule has 2 unspecified atom stereocenters. The van der Waals surface area contributed by atoms with Crippen molar-refractivity contribution < 1.29 is 9.53 Å². The molecule has 114 valence electrons. The van der Waals surface area contributed by atoms with Crippen molar-refractivity contribution in [1.82, 2.24) is 4.90 Å². The smallest absolute Gasteiger partial charge is 0.263 e. The van der Waals surface area contributed by atoms with Gasteiger partial charge >= 0.3 is 0 Å². The van der Waals surface area contributed by atoms with Crippen molar-refractivity contribution in [3.63, 3.8) is 0 Å². The molecule has 0 fully saturated rings. The van der Waals surface area contributed by atoms with Crippen molar-refractivity contribution in [2.24, 2.45) is 0 Å². The van der Waals surface area contributed by atoms with Crippen molar-refractivity contribution >= 4 is 17.2 Å². The lowest BCUT2D eigenvalue weighted by atomic mass is 10.2. The lowest BCUT2D eigenvalue weighted by Crippen LogP contribution is -2.39. The highest BCUT2D eigenvalue weighted by Crippen LogP contribution is 2.24. The summed E-state index contributed by atoms with van der Waals surface area (Å²) in [7, 11) is 1.78. The van der Waals surface area contributed by atoms with Gasteiger partial charge in [0, 0.05) is 11.9 Å². The van der Waals surface area contributed by atoms with Crippen LogP contribution in [0.5, 0.6) is 5.75 Å². The maximum atomic E-state index is 12.5. The van der Waals surface area contributed by atoms with Gasteiger partial charge in [-0.2, -0.15) is 5.26 Å². The molecule has 0 saturated heterocycles. The fourth-order valence-corrected chi connectivity index (χ4v) is 2.92. The second-order valence-electron chi connectivity index (χ2n) is 5.04. The first-order chi connectivity index (χ1) is 10.5. The van der Waals surface area contributed by atoms with Gasteiger partial charge in [-0.15, -0.1) is 11.3 Å². The van der Waals surface area contributed by atoms with Crippen LogP contribution in [0, 0.1) is 11.3 Å². The van der Waals surface area contributed by atoms with E-state index in [0.717, 1.165) is 4.88 Å². The highest BCUT2D eigenvalue weighted by Gasteiger charge is 2.24. The molecule has 4 nitrogen and oxygen atoms in total. The number of thiophene rings is 1. The molecule has 0 aliphatic rings. The topological polar surface area (TPSA) is 53.3 Å². The van der Waals surface area contributed by atoms with Crippen LogP contribution < -0.4 is 4.74 Å². The molecule has 22 heavy (non-hydrogen) atoms. The van der Waals surface area contributed by atoms with Gasteiger partial charge in [0.1, 0.15) is 5.75 Å². The second kappa shape index (κ2) is 7.10. The number of hydrogen-bond acceptors (Lipinski definition) is 4. The van der Waals surface area contributed by atoms with E-state index in [1.165, 1.54) is 0 Å². The van der Waals surface area contributed by atoms with Crippen LogP contribution in [0.3, 0.4) is 0 Å². The van der Waals surface area contributed by atoms with Crippen LogP contribution in [0.4, 0.5) is 0 Å². The summed E-state index contributed by atoms with van der Waals surface area (Å²) < 4.78 is 5.67. The van der Waals surface area contributed by atoms with Gasteiger partial charge in [0.25, 0.3) is 5.91 Å². The first-order valence-corrected chi connectivity index (χ1v) is 7.87. The highest BCUT2D eigenvalue weighted by atomic mass is 32.1. The maximum absolute atomic E-state index is 12.5. The number of amides is 1. The van der Waals surface area contributed by atoms with Crippen LogP contribution in [0.25, 0.3) is 0 Å². The van der Waals surface area contributed by atoms with Gasteiger partial charge in [0.05, 0.1) is 17.7 Å². The molecule has 1 heterocycles. The van der Waals surface area contributed by atoms with Crippen molar-refractivity contribution in [2.75, 3.05) is 7.05 Å². The molecular formula is C17H18N2O2S. The Balaban J connectivity index is 2.03. The van der Waals surface area contributed by atoms with E-state index in [1.54, 1.807) is 54.5 Å². The minimum atomic E-state index is -0.610. The molecule has 0 radical (unpaired) electrons. The third-order valence-corrected chi connectivity index (χ3v) is 4.55. The third kappa shape index (κ3) is 3.66. The van der Waals surface area contributed by atoms with Crippen LogP contribution in [-0.4, -0.2) is 24.0 Å². The van der Waals surface area contributed by atoms with Crippen LogP contribution >= 0.6 is 11.3 Å². The number of carbonyl (C=O) groups is 1. The van der Waals surface area contributed by atoms with Gasteiger partial charge in [-0.1, -0.05) is 12.1 Å². The maximum Gasteiger partial charge on any atom is 0.263 e. The number of benzene rings is 1. The van der Waals surface area contributed by atoms with Crippen LogP contribution in [0.15, 0.2) is 41.8 Å². The Kier molecular flexibility index (Phi) is 5.18. The monoisotopic (exact) mass is 314 g/mol. The molecule has 1 aromatic carbocycles. The predicted octanol–water partition coefficient (Wildman–Crippen LogP) is 3.61. The minimum absolute atomic E-state index is 0.00370. The summed E-state index contributed by atoms with van der Waals surface area (Å²) in [6.45, 7) is 3.71. The SMILES string of the molecule is CC(Oc1cccc(C#N)c1)C(=O)N(C)C(C)c1cccs1. The van der Waals surface area contributed by atoms with Gasteiger partial charge in [0.2, 0.25) is 0 Å². The fourth-order valence-electron chi connectivity index (χ4n) is 2.09. The summed E-state index contributed by atoms with van der Waals surface area (Å²) in [4.78, 5) is 15.3. The molecule has 1 amide bonds. The lowest BCUT2D eigenvalue weighted by Gasteiger charge is -2.27. The predicted molar refractivity (Wildman–Crippen MR) is 86.8 cm³/mol. The number of likely N-dealkylation sites (N-methyl/N-ethyl adjacent to an activating group) is 1. The number of ether oxygens (including phenoxy) is 1. The second-order valence-corrected chi connectivity index (χ2v) is 6.02. The van der Waals surface area contributed by atoms with Crippen molar-refractivity contribution in [3.8, 4) is 11.8 Å². The van der Waals surface area contributed by atoms with Crippen molar-refractivity contribution in [1.29, 1.82) is 5.26 Å². The zero-order valence-corrected chi connectivity index (χ0v) is 13.6. The Morgan fingerprint density at radius 1 is 1.32 bits per heavy atom.